The number of unbranched alkanes of at least 4 members (excludes halogenated alkanes) is 12. The Labute approximate surface area is 205 Å². The molecule has 1 atom stereocenters. The maximum Gasteiger partial charge on any atom is 0.333 e. The van der Waals surface area contributed by atoms with Crippen molar-refractivity contribution in [2.45, 2.75) is 117 Å². The highest BCUT2D eigenvalue weighted by Crippen LogP contribution is 2.19. The molecular formula is C25H48N6OS. The van der Waals surface area contributed by atoms with Crippen LogP contribution in [0.25, 0.3) is 5.70 Å². The molecule has 0 aromatic carbocycles. The lowest BCUT2D eigenvalue weighted by atomic mass is 9.94. The van der Waals surface area contributed by atoms with E-state index in [2.05, 4.69) is 46.0 Å². The van der Waals surface area contributed by atoms with Crippen LogP contribution in [0.2, 0.25) is 0 Å². The predicted octanol–water partition coefficient (Wildman–Crippen LogP) is 6.99. The van der Waals surface area contributed by atoms with E-state index in [-0.39, 0.29) is 6.03 Å². The molecule has 1 unspecified atom stereocenters. The second kappa shape index (κ2) is 19.6. The quantitative estimate of drug-likeness (QED) is 0.112. The molecule has 0 saturated heterocycles. The zero-order valence-electron chi connectivity index (χ0n) is 21.1. The molecular weight excluding hydrogens is 432 g/mol. The maximum atomic E-state index is 12.2. The van der Waals surface area contributed by atoms with Crippen LogP contribution < -0.4 is 21.9 Å². The molecule has 5 N–H and O–H groups in total. The first-order valence-electron chi connectivity index (χ1n) is 13.1. The zero-order chi connectivity index (χ0) is 24.2. The highest BCUT2D eigenvalue weighted by Gasteiger charge is 2.11. The number of nitrogens with one attached hydrogen (secondary N) is 3. The van der Waals surface area contributed by atoms with Gasteiger partial charge in [-0.2, -0.15) is 9.36 Å². The van der Waals surface area contributed by atoms with Crippen LogP contribution in [0.1, 0.15) is 122 Å². The number of hydrogen-bond donors (Lipinski definition) is 4. The molecule has 1 aromatic heterocycles. The summed E-state index contributed by atoms with van der Waals surface area (Å²) in [5, 5.41) is 3.50. The third-order valence-corrected chi connectivity index (χ3v) is 6.61. The van der Waals surface area contributed by atoms with E-state index in [1.54, 1.807) is 0 Å². The van der Waals surface area contributed by atoms with Gasteiger partial charge in [-0.15, -0.1) is 0 Å². The molecule has 7 nitrogen and oxygen atoms in total. The molecule has 190 valence electrons. The van der Waals surface area contributed by atoms with Gasteiger partial charge in [0.15, 0.2) is 5.82 Å². The number of carbonyl (C=O) groups is 1. The fourth-order valence-corrected chi connectivity index (χ4v) is 4.48. The van der Waals surface area contributed by atoms with Gasteiger partial charge in [-0.1, -0.05) is 110 Å². The van der Waals surface area contributed by atoms with Gasteiger partial charge in [0.2, 0.25) is 5.13 Å². The molecule has 0 aliphatic heterocycles. The summed E-state index contributed by atoms with van der Waals surface area (Å²) in [5.41, 5.74) is 11.3. The minimum absolute atomic E-state index is 0.248. The molecule has 8 heteroatoms. The minimum atomic E-state index is -0.248. The van der Waals surface area contributed by atoms with Gasteiger partial charge in [-0.25, -0.2) is 10.2 Å². The van der Waals surface area contributed by atoms with Crippen molar-refractivity contribution in [3.63, 3.8) is 0 Å². The third-order valence-electron chi connectivity index (χ3n) is 5.98. The van der Waals surface area contributed by atoms with Crippen molar-refractivity contribution >= 4 is 28.4 Å². The molecule has 0 aliphatic rings. The normalized spacial score (nSPS) is 11.8. The standard InChI is InChI=1S/C25H48N6OS/c1-4-6-8-10-12-13-15-17-19-22(18-16-14-11-9-7-5-2)20-27-24(32)29-30-25-28-23(21(3)26)31-33-25/h22H,3-20,26H2,1-2H3,(H2,27,29,32)(H,28,30,31). The van der Waals surface area contributed by atoms with Crippen LogP contribution in [0.5, 0.6) is 0 Å². The van der Waals surface area contributed by atoms with E-state index in [0.29, 0.717) is 29.1 Å². The molecule has 0 bridgehead atoms. The molecule has 33 heavy (non-hydrogen) atoms. The van der Waals surface area contributed by atoms with Gasteiger partial charge >= 0.3 is 6.03 Å². The van der Waals surface area contributed by atoms with Crippen molar-refractivity contribution in [2.75, 3.05) is 12.0 Å². The highest BCUT2D eigenvalue weighted by molar-refractivity contribution is 7.09. The second-order valence-corrected chi connectivity index (χ2v) is 9.85. The van der Waals surface area contributed by atoms with Crippen molar-refractivity contribution in [3.05, 3.63) is 12.4 Å². The van der Waals surface area contributed by atoms with Crippen molar-refractivity contribution in [1.82, 2.24) is 20.1 Å². The molecule has 0 radical (unpaired) electrons. The Kier molecular flexibility index (Phi) is 17.4. The van der Waals surface area contributed by atoms with Gasteiger partial charge in [0, 0.05) is 18.1 Å². The van der Waals surface area contributed by atoms with Crippen molar-refractivity contribution in [1.29, 1.82) is 0 Å². The van der Waals surface area contributed by atoms with E-state index < -0.39 is 0 Å². The molecule has 1 aromatic rings. The molecule has 0 saturated carbocycles. The Morgan fingerprint density at radius 1 is 0.909 bits per heavy atom. The Bertz CT molecular complexity index is 636. The summed E-state index contributed by atoms with van der Waals surface area (Å²) in [6.07, 6.45) is 20.9. The van der Waals surface area contributed by atoms with Crippen LogP contribution >= 0.6 is 11.5 Å². The Morgan fingerprint density at radius 2 is 1.42 bits per heavy atom. The zero-order valence-corrected chi connectivity index (χ0v) is 21.9. The van der Waals surface area contributed by atoms with Crippen LogP contribution in [-0.4, -0.2) is 21.9 Å². The summed E-state index contributed by atoms with van der Waals surface area (Å²) in [4.78, 5) is 16.4. The smallest absolute Gasteiger partial charge is 0.333 e. The first-order valence-corrected chi connectivity index (χ1v) is 13.9. The summed E-state index contributed by atoms with van der Waals surface area (Å²) >= 11 is 1.13. The lowest BCUT2D eigenvalue weighted by molar-refractivity contribution is 0.239. The van der Waals surface area contributed by atoms with Crippen molar-refractivity contribution in [3.8, 4) is 0 Å². The number of hydrazine groups is 1. The first kappa shape index (κ1) is 29.2. The van der Waals surface area contributed by atoms with Crippen LogP contribution in [0.15, 0.2) is 6.58 Å². The van der Waals surface area contributed by atoms with Gasteiger partial charge in [0.25, 0.3) is 0 Å². The van der Waals surface area contributed by atoms with Gasteiger partial charge < -0.3 is 11.1 Å². The summed E-state index contributed by atoms with van der Waals surface area (Å²) in [5.74, 6) is 0.921. The monoisotopic (exact) mass is 480 g/mol. The van der Waals surface area contributed by atoms with Crippen molar-refractivity contribution in [2.24, 2.45) is 11.7 Å². The average Bonchev–Trinajstić information content (AvgIpc) is 3.29. The maximum absolute atomic E-state index is 12.2. The van der Waals surface area contributed by atoms with E-state index >= 15 is 0 Å². The van der Waals surface area contributed by atoms with Crippen LogP contribution in [0.4, 0.5) is 9.93 Å². The lowest BCUT2D eigenvalue weighted by Crippen LogP contribution is -2.41. The number of amides is 2. The number of nitrogens with zero attached hydrogens (tertiary/aromatic N) is 2. The van der Waals surface area contributed by atoms with Crippen LogP contribution in [0, 0.1) is 5.92 Å². The minimum Gasteiger partial charge on any atom is -0.396 e. The Hall–Kier alpha value is -1.83. The Morgan fingerprint density at radius 3 is 1.91 bits per heavy atom. The average molecular weight is 481 g/mol. The number of aromatic nitrogens is 2. The molecule has 0 spiro atoms. The SMILES string of the molecule is C=C(N)c1nsc(NNC(=O)NCC(CCCCCCCC)CCCCCCCCCC)n1. The summed E-state index contributed by atoms with van der Waals surface area (Å²) in [6.45, 7) is 8.84. The number of urea groups is 1. The molecule has 0 fully saturated rings. The van der Waals surface area contributed by atoms with E-state index in [1.807, 2.05) is 0 Å². The topological polar surface area (TPSA) is 105 Å². The van der Waals surface area contributed by atoms with Crippen LogP contribution in [0.3, 0.4) is 0 Å². The molecule has 1 rings (SSSR count). The molecule has 0 aliphatic carbocycles. The fourth-order valence-electron chi connectivity index (χ4n) is 3.92. The molecule has 2 amide bonds. The number of anilines is 1. The van der Waals surface area contributed by atoms with E-state index in [9.17, 15) is 4.79 Å². The van der Waals surface area contributed by atoms with E-state index in [4.69, 9.17) is 5.73 Å². The number of carbonyl (C=O) groups excluding carboxylic acids is 1. The third kappa shape index (κ3) is 15.6. The fraction of sp³-hybridized carbons (Fsp3) is 0.800. The summed E-state index contributed by atoms with van der Waals surface area (Å²) in [7, 11) is 0. The van der Waals surface area contributed by atoms with E-state index in [1.165, 1.54) is 103 Å². The van der Waals surface area contributed by atoms with Crippen molar-refractivity contribution < 1.29 is 4.79 Å². The van der Waals surface area contributed by atoms with Crippen LogP contribution in [-0.2, 0) is 0 Å². The largest absolute Gasteiger partial charge is 0.396 e. The van der Waals surface area contributed by atoms with E-state index in [0.717, 1.165) is 11.5 Å². The lowest BCUT2D eigenvalue weighted by Gasteiger charge is -2.18. The van der Waals surface area contributed by atoms with Gasteiger partial charge in [0.1, 0.15) is 0 Å². The Balaban J connectivity index is 2.29. The summed E-state index contributed by atoms with van der Waals surface area (Å²) in [6, 6.07) is -0.248. The highest BCUT2D eigenvalue weighted by atomic mass is 32.1. The van der Waals surface area contributed by atoms with Gasteiger partial charge in [-0.05, 0) is 18.8 Å². The number of rotatable bonds is 21. The predicted molar refractivity (Wildman–Crippen MR) is 142 cm³/mol. The van der Waals surface area contributed by atoms with Gasteiger partial charge in [0.05, 0.1) is 5.70 Å². The first-order chi connectivity index (χ1) is 16.1. The molecule has 1 heterocycles. The second-order valence-electron chi connectivity index (χ2n) is 9.09. The number of hydrogen-bond acceptors (Lipinski definition) is 6. The summed E-state index contributed by atoms with van der Waals surface area (Å²) < 4.78 is 4.07. The number of nitrogens with two attached hydrogens (primary N) is 1. The van der Waals surface area contributed by atoms with Gasteiger partial charge in [-0.3, -0.25) is 5.43 Å².